The number of ether oxygens (including phenoxy) is 1. The van der Waals surface area contributed by atoms with Gasteiger partial charge in [0.2, 0.25) is 11.8 Å². The second-order valence-electron chi connectivity index (χ2n) is 16.2. The summed E-state index contributed by atoms with van der Waals surface area (Å²) in [5.41, 5.74) is 4.18. The van der Waals surface area contributed by atoms with Crippen LogP contribution >= 0.6 is 35.2 Å². The number of aromatic nitrogens is 4. The molecule has 1 aliphatic rings. The van der Waals surface area contributed by atoms with E-state index in [9.17, 15) is 57.9 Å². The Kier molecular flexibility index (Phi) is 40.1. The quantitative estimate of drug-likeness (QED) is 0.0199. The molecule has 70 heavy (non-hydrogen) atoms. The number of nitrogens with two attached hydrogens (primary N) is 1. The molecule has 2 amide bonds. The van der Waals surface area contributed by atoms with E-state index in [0.29, 0.717) is 12.2 Å². The van der Waals surface area contributed by atoms with Crippen molar-refractivity contribution in [1.82, 2.24) is 30.2 Å². The fourth-order valence-corrected chi connectivity index (χ4v) is 10.1. The first-order valence-electron chi connectivity index (χ1n) is 21.6. The third-order valence-corrected chi connectivity index (χ3v) is 14.2. The number of nitrogens with zero attached hydrogens (tertiary/aromatic N) is 4. The van der Waals surface area contributed by atoms with E-state index < -0.39 is 84.6 Å². The average molecular weight is 1140 g/mol. The van der Waals surface area contributed by atoms with Crippen LogP contribution in [0.4, 0.5) is 5.82 Å². The number of nitrogen functional groups attached to an aromatic ring is 1. The molecule has 1 fully saturated rings. The fourth-order valence-electron chi connectivity index (χ4n) is 6.64. The zero-order valence-electron chi connectivity index (χ0n) is 40.4. The summed E-state index contributed by atoms with van der Waals surface area (Å²) in [5.74, 6) is -1.09. The van der Waals surface area contributed by atoms with Gasteiger partial charge in [-0.25, -0.2) is 23.8 Å². The molecule has 3 heterocycles. The SMILES string of the molecule is CCCCCCCCCCCCCCCC(=O)SCCNC(=O)CCNC(=O)[C@H](O)C(C)(C)COP(=O)([O-])OP(=O)([O-])OC[C@H]1O[C@@H](n2cnc3c(N)ncnc32)[C@H](O)[C@@H]1OP(=O)(O)O.O.O.O.[K+].[K+]. The normalized spacial score (nSPS) is 18.9. The number of rotatable bonds is 33. The first-order chi connectivity index (χ1) is 30.6. The largest absolute Gasteiger partial charge is 1.00 e. The summed E-state index contributed by atoms with van der Waals surface area (Å²) in [5, 5.41) is 26.5. The summed E-state index contributed by atoms with van der Waals surface area (Å²) >= 11 is 1.15. The Labute approximate surface area is 496 Å². The van der Waals surface area contributed by atoms with Crippen LogP contribution in [0.1, 0.15) is 123 Å². The molecule has 1 saturated heterocycles. The third-order valence-electron chi connectivity index (χ3n) is 10.2. The molecule has 0 saturated carbocycles. The van der Waals surface area contributed by atoms with Crippen molar-refractivity contribution >= 4 is 69.1 Å². The monoisotopic (exact) mass is 1140 g/mol. The van der Waals surface area contributed by atoms with Crippen molar-refractivity contribution in [2.75, 3.05) is 37.8 Å². The summed E-state index contributed by atoms with van der Waals surface area (Å²) in [4.78, 5) is 92.8. The van der Waals surface area contributed by atoms with Crippen LogP contribution in [0, 0.1) is 5.41 Å². The Morgan fingerprint density at radius 2 is 1.43 bits per heavy atom. The molecule has 3 rings (SSSR count). The molecule has 7 atom stereocenters. The van der Waals surface area contributed by atoms with E-state index in [1.165, 1.54) is 78.1 Å². The molecule has 0 aliphatic carbocycles. The van der Waals surface area contributed by atoms with Crippen molar-refractivity contribution in [3.63, 3.8) is 0 Å². The number of carbonyl (C=O) groups excluding carboxylic acids is 3. The molecule has 0 aromatic carbocycles. The van der Waals surface area contributed by atoms with Gasteiger partial charge in [0.05, 0.1) is 19.5 Å². The summed E-state index contributed by atoms with van der Waals surface area (Å²) in [6, 6.07) is 0. The summed E-state index contributed by atoms with van der Waals surface area (Å²) in [6.07, 6.45) is 9.21. The van der Waals surface area contributed by atoms with Gasteiger partial charge in [0.15, 0.2) is 22.8 Å². The number of nitrogens with one attached hydrogen (secondary N) is 2. The van der Waals surface area contributed by atoms with Crippen molar-refractivity contribution < 1.29 is 200 Å². The van der Waals surface area contributed by atoms with Gasteiger partial charge in [-0.1, -0.05) is 110 Å². The molecule has 33 heteroatoms. The van der Waals surface area contributed by atoms with Gasteiger partial charge >= 0.3 is 111 Å². The van der Waals surface area contributed by atoms with E-state index in [-0.39, 0.29) is 161 Å². The molecule has 2 unspecified atom stereocenters. The Morgan fingerprint density at radius 1 is 0.871 bits per heavy atom. The zero-order valence-corrected chi connectivity index (χ0v) is 50.1. The van der Waals surface area contributed by atoms with Crippen molar-refractivity contribution in [3.05, 3.63) is 12.7 Å². The topological polar surface area (TPSA) is 464 Å². The van der Waals surface area contributed by atoms with Crippen LogP contribution < -0.4 is 129 Å². The van der Waals surface area contributed by atoms with Crippen LogP contribution in [0.15, 0.2) is 12.7 Å². The van der Waals surface area contributed by atoms with Crippen molar-refractivity contribution in [2.45, 2.75) is 148 Å². The van der Waals surface area contributed by atoms with Gasteiger partial charge < -0.3 is 76.4 Å². The molecule has 14 N–H and O–H groups in total. The van der Waals surface area contributed by atoms with Crippen molar-refractivity contribution in [3.8, 4) is 0 Å². The molecule has 27 nitrogen and oxygen atoms in total. The number of imidazole rings is 1. The Balaban J connectivity index is -0.00000898. The summed E-state index contributed by atoms with van der Waals surface area (Å²) in [6.45, 7) is 2.51. The van der Waals surface area contributed by atoms with Gasteiger partial charge in [-0.2, -0.15) is 0 Å². The summed E-state index contributed by atoms with van der Waals surface area (Å²) in [7, 11) is -17.0. The number of aliphatic hydroxyl groups is 2. The van der Waals surface area contributed by atoms with Crippen LogP contribution in [-0.2, 0) is 50.7 Å². The number of aliphatic hydroxyl groups excluding tert-OH is 2. The number of anilines is 1. The van der Waals surface area contributed by atoms with Crippen LogP contribution in [0.2, 0.25) is 0 Å². The summed E-state index contributed by atoms with van der Waals surface area (Å²) < 4.78 is 61.4. The molecular formula is C37H70K2N7O20P3S. The van der Waals surface area contributed by atoms with E-state index in [1.807, 2.05) is 0 Å². The standard InChI is InChI=1S/C37H66N7O17P3S.2K.3H2O/c1-4-5-6-7-8-9-10-11-12-13-14-15-16-17-28(46)65-21-20-39-27(45)18-19-40-35(49)32(48)37(2,3)23-58-64(55,56)61-63(53,54)57-22-26-31(60-62(50,51)52)30(47)36(59-26)44-25-43-29-33(38)41-24-42-34(29)44;;;;;/h24-26,30-32,36,47-48H,4-23H2,1-3H3,(H,39,45)(H,40,49)(H,53,54)(H,55,56)(H2,38,41,42)(H2,50,51,52);;;3*1H2/q;2*+1;;;/p-2/t26-,30-,31-,32+,36-;;;;;/m1...../s1. The third kappa shape index (κ3) is 28.2. The van der Waals surface area contributed by atoms with E-state index in [0.717, 1.165) is 48.2 Å². The predicted octanol–water partition coefficient (Wildman–Crippen LogP) is -5.58. The molecule has 0 bridgehead atoms. The van der Waals surface area contributed by atoms with Gasteiger partial charge in [-0.3, -0.25) is 32.6 Å². The molecule has 2 aromatic heterocycles. The second-order valence-corrected chi connectivity index (χ2v) is 21.5. The fraction of sp³-hybridized carbons (Fsp3) is 0.784. The van der Waals surface area contributed by atoms with Gasteiger partial charge in [-0.15, -0.1) is 0 Å². The van der Waals surface area contributed by atoms with E-state index in [2.05, 4.69) is 50.4 Å². The minimum Gasteiger partial charge on any atom is -0.756 e. The van der Waals surface area contributed by atoms with Gasteiger partial charge in [0.25, 0.3) is 15.6 Å². The first kappa shape index (κ1) is 75.0. The van der Waals surface area contributed by atoms with Crippen LogP contribution in [0.5, 0.6) is 0 Å². The minimum atomic E-state index is -5.88. The first-order valence-corrected chi connectivity index (χ1v) is 27.0. The molecular weight excluding hydrogens is 1070 g/mol. The van der Waals surface area contributed by atoms with E-state index in [4.69, 9.17) is 10.5 Å². The number of thioether (sulfide) groups is 1. The molecule has 1 aliphatic heterocycles. The molecule has 0 radical (unpaired) electrons. The van der Waals surface area contributed by atoms with Crippen LogP contribution in [0.25, 0.3) is 11.2 Å². The van der Waals surface area contributed by atoms with Crippen molar-refractivity contribution in [2.24, 2.45) is 5.41 Å². The number of unbranched alkanes of at least 4 members (excludes halogenated alkanes) is 12. The Hall–Kier alpha value is 0.713. The number of fused-ring (bicyclic) bond motifs is 1. The molecule has 396 valence electrons. The minimum absolute atomic E-state index is 0. The number of amides is 2. The van der Waals surface area contributed by atoms with Gasteiger partial charge in [-0.05, 0) is 6.42 Å². The average Bonchev–Trinajstić information content (AvgIpc) is 3.79. The number of phosphoric ester groups is 3. The maximum atomic E-state index is 12.6. The smallest absolute Gasteiger partial charge is 0.756 e. The second kappa shape index (κ2) is 37.5. The van der Waals surface area contributed by atoms with Gasteiger partial charge in [0.1, 0.15) is 36.3 Å². The maximum Gasteiger partial charge on any atom is 1.00 e. The van der Waals surface area contributed by atoms with E-state index in [1.54, 1.807) is 0 Å². The zero-order chi connectivity index (χ0) is 48.3. The van der Waals surface area contributed by atoms with Gasteiger partial charge in [0, 0.05) is 37.1 Å². The van der Waals surface area contributed by atoms with Crippen LogP contribution in [0.3, 0.4) is 0 Å². The predicted molar refractivity (Wildman–Crippen MR) is 244 cm³/mol. The number of hydrogen-bond acceptors (Lipinski definition) is 20. The maximum absolute atomic E-state index is 12.6. The Bertz CT molecular complexity index is 1980. The number of phosphoric acid groups is 3. The number of carbonyl (C=O) groups is 3. The Morgan fingerprint density at radius 3 is 2.00 bits per heavy atom. The van der Waals surface area contributed by atoms with Crippen molar-refractivity contribution in [1.29, 1.82) is 0 Å². The molecule has 0 spiro atoms. The van der Waals surface area contributed by atoms with Crippen LogP contribution in [-0.4, -0.2) is 129 Å². The molecule has 2 aromatic rings. The van der Waals surface area contributed by atoms with E-state index >= 15 is 0 Å². The number of hydrogen-bond donors (Lipinski definition) is 7.